The van der Waals surface area contributed by atoms with Gasteiger partial charge in [0, 0.05) is 16.5 Å². The highest BCUT2D eigenvalue weighted by molar-refractivity contribution is 9.10. The van der Waals surface area contributed by atoms with Crippen molar-refractivity contribution in [2.24, 2.45) is 5.10 Å². The fraction of sp³-hybridized carbons (Fsp3) is 0.136. The third-order valence-corrected chi connectivity index (χ3v) is 5.93. The second kappa shape index (κ2) is 6.90. The summed E-state index contributed by atoms with van der Waals surface area (Å²) in [6.07, 6.45) is -0.0204. The van der Waals surface area contributed by atoms with E-state index in [4.69, 9.17) is 21.4 Å². The van der Waals surface area contributed by atoms with Crippen molar-refractivity contribution in [3.8, 4) is 5.75 Å². The standard InChI is InChI=1S/C22H15BrClFN2O/c23-14-9-10-20-15(11-14)19-12-18(13-5-2-1-3-6-13)26-27(19)22(28-20)21-16(24)7-4-8-17(21)25/h1-11,19,22H,12H2/t19-,22+/m1/s1. The van der Waals surface area contributed by atoms with Gasteiger partial charge in [0.25, 0.3) is 0 Å². The number of hydrogen-bond acceptors (Lipinski definition) is 3. The third-order valence-electron chi connectivity index (χ3n) is 5.11. The molecule has 0 spiro atoms. The van der Waals surface area contributed by atoms with E-state index in [1.807, 2.05) is 53.5 Å². The van der Waals surface area contributed by atoms with Gasteiger partial charge in [0.2, 0.25) is 6.23 Å². The lowest BCUT2D eigenvalue weighted by atomic mass is 9.96. The van der Waals surface area contributed by atoms with Gasteiger partial charge in [0.1, 0.15) is 11.6 Å². The Morgan fingerprint density at radius 1 is 1.07 bits per heavy atom. The van der Waals surface area contributed by atoms with Crippen LogP contribution in [-0.2, 0) is 0 Å². The minimum atomic E-state index is -0.728. The molecule has 2 heterocycles. The lowest BCUT2D eigenvalue weighted by molar-refractivity contribution is -0.0211. The summed E-state index contributed by atoms with van der Waals surface area (Å²) in [5.74, 6) is 0.318. The molecule has 0 unspecified atom stereocenters. The van der Waals surface area contributed by atoms with Crippen LogP contribution in [0.1, 0.15) is 35.4 Å². The van der Waals surface area contributed by atoms with Crippen molar-refractivity contribution in [1.29, 1.82) is 0 Å². The molecule has 0 bridgehead atoms. The zero-order chi connectivity index (χ0) is 19.3. The summed E-state index contributed by atoms with van der Waals surface area (Å²) in [5.41, 5.74) is 3.32. The first kappa shape index (κ1) is 17.7. The normalized spacial score (nSPS) is 20.2. The maximum atomic E-state index is 14.7. The van der Waals surface area contributed by atoms with Crippen LogP contribution in [0, 0.1) is 5.82 Å². The number of nitrogens with zero attached hydrogens (tertiary/aromatic N) is 2. The monoisotopic (exact) mass is 456 g/mol. The molecule has 3 aromatic carbocycles. The first-order valence-corrected chi connectivity index (χ1v) is 10.1. The molecule has 0 amide bonds. The molecule has 0 radical (unpaired) electrons. The van der Waals surface area contributed by atoms with Gasteiger partial charge in [-0.25, -0.2) is 9.40 Å². The smallest absolute Gasteiger partial charge is 0.218 e. The van der Waals surface area contributed by atoms with Crippen LogP contribution >= 0.6 is 27.5 Å². The van der Waals surface area contributed by atoms with Crippen molar-refractivity contribution < 1.29 is 9.13 Å². The number of halogens is 3. The third kappa shape index (κ3) is 2.90. The van der Waals surface area contributed by atoms with Crippen molar-refractivity contribution in [3.05, 3.63) is 98.7 Å². The number of hydrazone groups is 1. The molecule has 0 fully saturated rings. The first-order valence-electron chi connectivity index (χ1n) is 8.93. The van der Waals surface area contributed by atoms with Crippen LogP contribution in [0.15, 0.2) is 76.3 Å². The summed E-state index contributed by atoms with van der Waals surface area (Å²) in [6.45, 7) is 0. The summed E-state index contributed by atoms with van der Waals surface area (Å²) < 4.78 is 21.9. The molecule has 2 aliphatic heterocycles. The SMILES string of the molecule is Fc1cccc(Cl)c1[C@@H]1Oc2ccc(Br)cc2[C@H]2CC(c3ccccc3)=NN21. The maximum Gasteiger partial charge on any atom is 0.218 e. The number of fused-ring (bicyclic) bond motifs is 3. The van der Waals surface area contributed by atoms with E-state index in [2.05, 4.69) is 15.9 Å². The zero-order valence-corrected chi connectivity index (χ0v) is 17.0. The van der Waals surface area contributed by atoms with Crippen molar-refractivity contribution in [3.63, 3.8) is 0 Å². The summed E-state index contributed by atoms with van der Waals surface area (Å²) in [4.78, 5) is 0. The van der Waals surface area contributed by atoms with E-state index in [0.717, 1.165) is 27.1 Å². The average Bonchev–Trinajstić information content (AvgIpc) is 3.15. The van der Waals surface area contributed by atoms with Crippen LogP contribution in [0.25, 0.3) is 0 Å². The lowest BCUT2D eigenvalue weighted by Crippen LogP contribution is -2.34. The van der Waals surface area contributed by atoms with Crippen LogP contribution in [0.5, 0.6) is 5.75 Å². The Hall–Kier alpha value is -2.37. The second-order valence-electron chi connectivity index (χ2n) is 6.80. The number of ether oxygens (including phenoxy) is 1. The molecule has 140 valence electrons. The van der Waals surface area contributed by atoms with Gasteiger partial charge in [0.15, 0.2) is 0 Å². The van der Waals surface area contributed by atoms with Gasteiger partial charge in [-0.1, -0.05) is 63.9 Å². The van der Waals surface area contributed by atoms with E-state index in [1.165, 1.54) is 6.07 Å². The molecule has 6 heteroatoms. The topological polar surface area (TPSA) is 24.8 Å². The summed E-state index contributed by atoms with van der Waals surface area (Å²) in [5, 5.41) is 6.99. The molecule has 0 saturated carbocycles. The van der Waals surface area contributed by atoms with Crippen molar-refractivity contribution in [2.75, 3.05) is 0 Å². The Kier molecular flexibility index (Phi) is 4.37. The summed E-state index contributed by atoms with van der Waals surface area (Å²) >= 11 is 9.89. The van der Waals surface area contributed by atoms with E-state index < -0.39 is 12.0 Å². The van der Waals surface area contributed by atoms with Gasteiger partial charge in [-0.05, 0) is 35.9 Å². The molecule has 0 N–H and O–H groups in total. The van der Waals surface area contributed by atoms with E-state index in [1.54, 1.807) is 12.1 Å². The minimum Gasteiger partial charge on any atom is -0.464 e. The predicted molar refractivity (Wildman–Crippen MR) is 111 cm³/mol. The Labute approximate surface area is 175 Å². The second-order valence-corrected chi connectivity index (χ2v) is 8.12. The van der Waals surface area contributed by atoms with Crippen LogP contribution in [0.2, 0.25) is 5.02 Å². The highest BCUT2D eigenvalue weighted by Gasteiger charge is 2.42. The molecule has 3 nitrogen and oxygen atoms in total. The van der Waals surface area contributed by atoms with Crippen LogP contribution < -0.4 is 4.74 Å². The summed E-state index contributed by atoms with van der Waals surface area (Å²) in [6, 6.07) is 20.5. The van der Waals surface area contributed by atoms with Crippen LogP contribution in [-0.4, -0.2) is 10.7 Å². The van der Waals surface area contributed by atoms with Gasteiger partial charge in [0.05, 0.1) is 22.3 Å². The molecule has 28 heavy (non-hydrogen) atoms. The van der Waals surface area contributed by atoms with Crippen LogP contribution in [0.4, 0.5) is 4.39 Å². The fourth-order valence-electron chi connectivity index (χ4n) is 3.80. The molecule has 0 aliphatic carbocycles. The fourth-order valence-corrected chi connectivity index (χ4v) is 4.44. The number of benzene rings is 3. The highest BCUT2D eigenvalue weighted by atomic mass is 79.9. The number of rotatable bonds is 2. The van der Waals surface area contributed by atoms with Gasteiger partial charge in [-0.15, -0.1) is 0 Å². The molecule has 2 aliphatic rings. The van der Waals surface area contributed by atoms with Crippen molar-refractivity contribution >= 4 is 33.2 Å². The molecular formula is C22H15BrClFN2O. The average molecular weight is 458 g/mol. The highest BCUT2D eigenvalue weighted by Crippen LogP contribution is 2.49. The molecule has 5 rings (SSSR count). The first-order chi connectivity index (χ1) is 13.6. The lowest BCUT2D eigenvalue weighted by Gasteiger charge is -2.38. The largest absolute Gasteiger partial charge is 0.464 e. The molecule has 2 atom stereocenters. The Bertz CT molecular complexity index is 1070. The van der Waals surface area contributed by atoms with Crippen molar-refractivity contribution in [2.45, 2.75) is 18.7 Å². The van der Waals surface area contributed by atoms with Crippen molar-refractivity contribution in [1.82, 2.24) is 5.01 Å². The predicted octanol–water partition coefficient (Wildman–Crippen LogP) is 6.48. The van der Waals surface area contributed by atoms with Crippen LogP contribution in [0.3, 0.4) is 0 Å². The molecule has 0 aromatic heterocycles. The van der Waals surface area contributed by atoms with Gasteiger partial charge >= 0.3 is 0 Å². The van der Waals surface area contributed by atoms with Gasteiger partial charge in [-0.3, -0.25) is 0 Å². The van der Waals surface area contributed by atoms with E-state index in [0.29, 0.717) is 17.0 Å². The van der Waals surface area contributed by atoms with Gasteiger partial charge in [-0.2, -0.15) is 5.10 Å². The van der Waals surface area contributed by atoms with E-state index >= 15 is 0 Å². The summed E-state index contributed by atoms with van der Waals surface area (Å²) in [7, 11) is 0. The molecule has 3 aromatic rings. The van der Waals surface area contributed by atoms with E-state index in [-0.39, 0.29) is 6.04 Å². The minimum absolute atomic E-state index is 0.0582. The Balaban J connectivity index is 1.66. The molecule has 0 saturated heterocycles. The van der Waals surface area contributed by atoms with Gasteiger partial charge < -0.3 is 4.74 Å². The Morgan fingerprint density at radius 3 is 2.68 bits per heavy atom. The quantitative estimate of drug-likeness (QED) is 0.440. The van der Waals surface area contributed by atoms with E-state index in [9.17, 15) is 4.39 Å². The number of hydrogen-bond donors (Lipinski definition) is 0. The Morgan fingerprint density at radius 2 is 1.89 bits per heavy atom. The zero-order valence-electron chi connectivity index (χ0n) is 14.6. The maximum absolute atomic E-state index is 14.7. The molecular weight excluding hydrogens is 443 g/mol.